The topological polar surface area (TPSA) is 122 Å². The number of nitrogens with zero attached hydrogens (tertiary/aromatic N) is 3. The lowest BCUT2D eigenvalue weighted by atomic mass is 10.0. The van der Waals surface area contributed by atoms with Crippen LogP contribution in [0.4, 0.5) is 14.5 Å². The Balaban J connectivity index is 1.22. The molecule has 1 aliphatic heterocycles. The van der Waals surface area contributed by atoms with E-state index in [1.807, 2.05) is 18.2 Å². The number of benzene rings is 2. The second kappa shape index (κ2) is 10.4. The first-order chi connectivity index (χ1) is 18.4. The second-order valence-corrected chi connectivity index (χ2v) is 8.39. The molecule has 2 aromatic carbocycles. The van der Waals surface area contributed by atoms with E-state index in [2.05, 4.69) is 25.6 Å². The second-order valence-electron chi connectivity index (χ2n) is 8.39. The third-order valence-electron chi connectivity index (χ3n) is 5.80. The third-order valence-corrected chi connectivity index (χ3v) is 5.80. The van der Waals surface area contributed by atoms with Gasteiger partial charge in [0.25, 0.3) is 17.4 Å². The summed E-state index contributed by atoms with van der Waals surface area (Å²) in [4.78, 5) is 48.6. The fourth-order valence-electron chi connectivity index (χ4n) is 3.95. The molecule has 4 aromatic rings. The average Bonchev–Trinajstić information content (AvgIpc) is 3.53. The molecule has 0 fully saturated rings. The van der Waals surface area contributed by atoms with Crippen LogP contribution in [-0.2, 0) is 11.3 Å². The van der Waals surface area contributed by atoms with Gasteiger partial charge in [0.05, 0.1) is 18.4 Å². The van der Waals surface area contributed by atoms with E-state index in [1.165, 1.54) is 12.4 Å². The van der Waals surface area contributed by atoms with Gasteiger partial charge in [0.15, 0.2) is 11.6 Å². The predicted molar refractivity (Wildman–Crippen MR) is 137 cm³/mol. The van der Waals surface area contributed by atoms with Gasteiger partial charge in [-0.3, -0.25) is 19.0 Å². The molecule has 0 spiro atoms. The van der Waals surface area contributed by atoms with Crippen molar-refractivity contribution in [3.8, 4) is 0 Å². The van der Waals surface area contributed by atoms with Crippen molar-refractivity contribution in [2.24, 2.45) is 0 Å². The summed E-state index contributed by atoms with van der Waals surface area (Å²) >= 11 is 0. The van der Waals surface area contributed by atoms with E-state index in [0.29, 0.717) is 22.6 Å². The molecular formula is C27H20F2N6O3. The number of nitrogens with one attached hydrogen (secondary N) is 3. The van der Waals surface area contributed by atoms with Crippen LogP contribution in [0.3, 0.4) is 0 Å². The normalized spacial score (nSPS) is 13.6. The molecule has 0 bridgehead atoms. The van der Waals surface area contributed by atoms with Gasteiger partial charge >= 0.3 is 0 Å². The lowest BCUT2D eigenvalue weighted by Gasteiger charge is -2.08. The van der Waals surface area contributed by atoms with Crippen molar-refractivity contribution in [1.29, 1.82) is 0 Å². The summed E-state index contributed by atoms with van der Waals surface area (Å²) in [5.41, 5.74) is 2.28. The number of halogens is 2. The maximum atomic E-state index is 13.5. The van der Waals surface area contributed by atoms with E-state index in [1.54, 1.807) is 30.6 Å². The minimum Gasteiger partial charge on any atom is -0.348 e. The first kappa shape index (κ1) is 24.5. The zero-order valence-corrected chi connectivity index (χ0v) is 19.7. The van der Waals surface area contributed by atoms with Gasteiger partial charge in [-0.05, 0) is 35.4 Å². The highest BCUT2D eigenvalue weighted by molar-refractivity contribution is 6.34. The van der Waals surface area contributed by atoms with Crippen LogP contribution in [0.1, 0.15) is 32.9 Å². The number of aromatic nitrogens is 4. The van der Waals surface area contributed by atoms with Crippen LogP contribution in [0, 0.1) is 11.6 Å². The van der Waals surface area contributed by atoms with E-state index in [9.17, 15) is 23.2 Å². The van der Waals surface area contributed by atoms with Gasteiger partial charge in [-0.2, -0.15) is 0 Å². The fourth-order valence-corrected chi connectivity index (χ4v) is 3.95. The predicted octanol–water partition coefficient (Wildman–Crippen LogP) is 3.23. The molecule has 0 radical (unpaired) electrons. The summed E-state index contributed by atoms with van der Waals surface area (Å²) in [5, 5.41) is 5.46. The van der Waals surface area contributed by atoms with Crippen LogP contribution in [0.2, 0.25) is 0 Å². The molecule has 0 saturated heterocycles. The number of carbonyl (C=O) groups is 2. The summed E-state index contributed by atoms with van der Waals surface area (Å²) in [7, 11) is 0. The van der Waals surface area contributed by atoms with Gasteiger partial charge in [-0.15, -0.1) is 0 Å². The average molecular weight is 514 g/mol. The Kier molecular flexibility index (Phi) is 6.72. The van der Waals surface area contributed by atoms with Gasteiger partial charge in [-0.25, -0.2) is 18.7 Å². The van der Waals surface area contributed by atoms with Gasteiger partial charge in [-0.1, -0.05) is 30.4 Å². The van der Waals surface area contributed by atoms with Crippen LogP contribution < -0.4 is 16.2 Å². The highest BCUT2D eigenvalue weighted by atomic mass is 19.2. The number of H-pyrrole nitrogens is 1. The molecule has 0 unspecified atom stereocenters. The summed E-state index contributed by atoms with van der Waals surface area (Å²) in [6.45, 7) is 0.0563. The maximum absolute atomic E-state index is 13.5. The molecule has 2 amide bonds. The van der Waals surface area contributed by atoms with Crippen molar-refractivity contribution in [3.05, 3.63) is 117 Å². The molecule has 38 heavy (non-hydrogen) atoms. The van der Waals surface area contributed by atoms with Crippen LogP contribution >= 0.6 is 0 Å². The minimum atomic E-state index is -1.03. The monoisotopic (exact) mass is 514 g/mol. The molecule has 0 atom stereocenters. The molecule has 11 heteroatoms. The van der Waals surface area contributed by atoms with Crippen molar-refractivity contribution in [2.75, 3.05) is 11.9 Å². The number of rotatable bonds is 7. The molecule has 3 heterocycles. The quantitative estimate of drug-likeness (QED) is 0.327. The number of fused-ring (bicyclic) bond motifs is 1. The van der Waals surface area contributed by atoms with Gasteiger partial charge in [0, 0.05) is 36.4 Å². The van der Waals surface area contributed by atoms with Crippen LogP contribution in [0.25, 0.3) is 17.7 Å². The van der Waals surface area contributed by atoms with Crippen molar-refractivity contribution in [2.45, 2.75) is 6.54 Å². The van der Waals surface area contributed by atoms with Gasteiger partial charge in [0.1, 0.15) is 11.4 Å². The number of imidazole rings is 1. The first-order valence-electron chi connectivity index (χ1n) is 11.5. The Morgan fingerprint density at radius 2 is 1.97 bits per heavy atom. The highest BCUT2D eigenvalue weighted by Gasteiger charge is 2.24. The van der Waals surface area contributed by atoms with Gasteiger partial charge in [0.2, 0.25) is 0 Å². The molecule has 1 aliphatic rings. The first-order valence-corrected chi connectivity index (χ1v) is 11.5. The standard InChI is InChI=1S/C27H20F2N6O3/c28-21-6-4-17(10-22(21)29)14-35-15-30-13-20(27(35)38)25(36)33-7-1-2-16-3-5-18-19(12-24-31-8-9-32-24)26(37)34-23(18)11-16/h1-6,8-13,15H,7,14H2,(H,31,32)(H,33,36)(H,34,37)/b2-1?,19-12-. The van der Waals surface area contributed by atoms with E-state index in [0.717, 1.165) is 34.0 Å². The molecule has 0 aliphatic carbocycles. The van der Waals surface area contributed by atoms with E-state index < -0.39 is 23.1 Å². The van der Waals surface area contributed by atoms with Crippen LogP contribution in [-0.4, -0.2) is 37.9 Å². The maximum Gasteiger partial charge on any atom is 0.266 e. The Morgan fingerprint density at radius 1 is 1.11 bits per heavy atom. The fraction of sp³-hybridized carbons (Fsp3) is 0.0741. The third kappa shape index (κ3) is 5.16. The molecule has 9 nitrogen and oxygen atoms in total. The number of anilines is 1. The van der Waals surface area contributed by atoms with E-state index >= 15 is 0 Å². The number of hydrogen-bond acceptors (Lipinski definition) is 5. The molecule has 0 saturated carbocycles. The van der Waals surface area contributed by atoms with Gasteiger partial charge < -0.3 is 15.6 Å². The van der Waals surface area contributed by atoms with Crippen molar-refractivity contribution in [1.82, 2.24) is 24.8 Å². The highest BCUT2D eigenvalue weighted by Crippen LogP contribution is 2.33. The molecule has 3 N–H and O–H groups in total. The summed E-state index contributed by atoms with van der Waals surface area (Å²) in [6, 6.07) is 8.78. The number of carbonyl (C=O) groups excluding carboxylic acids is 2. The van der Waals surface area contributed by atoms with Crippen LogP contribution in [0.15, 0.2) is 72.2 Å². The molecule has 5 rings (SSSR count). The summed E-state index contributed by atoms with van der Waals surface area (Å²) < 4.78 is 27.8. The lowest BCUT2D eigenvalue weighted by molar-refractivity contribution is -0.110. The summed E-state index contributed by atoms with van der Waals surface area (Å²) in [5.74, 6) is -2.29. The number of amides is 2. The van der Waals surface area contributed by atoms with Crippen LogP contribution in [0.5, 0.6) is 0 Å². The lowest BCUT2D eigenvalue weighted by Crippen LogP contribution is -2.33. The SMILES string of the molecule is O=C1Nc2cc(C=CCNC(=O)c3cncn(Cc4ccc(F)c(F)c4)c3=O)ccc2/C1=C/c1ncc[nH]1. The zero-order chi connectivity index (χ0) is 26.6. The molecular weight excluding hydrogens is 494 g/mol. The Labute approximate surface area is 214 Å². The largest absolute Gasteiger partial charge is 0.348 e. The Bertz CT molecular complexity index is 1660. The Morgan fingerprint density at radius 3 is 2.76 bits per heavy atom. The van der Waals surface area contributed by atoms with E-state index in [-0.39, 0.29) is 24.6 Å². The smallest absolute Gasteiger partial charge is 0.266 e. The van der Waals surface area contributed by atoms with Crippen molar-refractivity contribution >= 4 is 35.2 Å². The summed E-state index contributed by atoms with van der Waals surface area (Å²) in [6.07, 6.45) is 10.8. The zero-order valence-electron chi connectivity index (χ0n) is 19.7. The molecule has 2 aromatic heterocycles. The van der Waals surface area contributed by atoms with Crippen molar-refractivity contribution < 1.29 is 18.4 Å². The Hall–Kier alpha value is -5.19. The minimum absolute atomic E-state index is 0.0721. The molecule has 190 valence electrons. The number of aromatic amines is 1. The number of hydrogen-bond donors (Lipinski definition) is 3. The van der Waals surface area contributed by atoms with Crippen molar-refractivity contribution in [3.63, 3.8) is 0 Å². The van der Waals surface area contributed by atoms with E-state index in [4.69, 9.17) is 0 Å².